The molecule has 4 aliphatic rings. The van der Waals surface area contributed by atoms with Crippen LogP contribution in [0.5, 0.6) is 5.75 Å². The minimum atomic E-state index is -4.58. The van der Waals surface area contributed by atoms with Crippen molar-refractivity contribution < 1.29 is 32.3 Å². The third kappa shape index (κ3) is 5.20. The highest BCUT2D eigenvalue weighted by atomic mass is 35.5. The molecule has 252 valence electrons. The first-order chi connectivity index (χ1) is 23.4. The number of nitrogens with zero attached hydrogens (tertiary/aromatic N) is 2. The number of methoxy groups -OCH3 is 1. The Morgan fingerprint density at radius 3 is 2.35 bits per heavy atom. The summed E-state index contributed by atoms with van der Waals surface area (Å²) in [5.41, 5.74) is 0.475. The average Bonchev–Trinajstić information content (AvgIpc) is 3.80. The van der Waals surface area contributed by atoms with Crippen LogP contribution in [-0.4, -0.2) is 34.6 Å². The van der Waals surface area contributed by atoms with Crippen LogP contribution >= 0.6 is 34.7 Å². The Labute approximate surface area is 291 Å². The Morgan fingerprint density at radius 1 is 0.980 bits per heavy atom. The summed E-state index contributed by atoms with van der Waals surface area (Å²) in [4.78, 5) is 56.5. The fraction of sp³-hybridized carbons (Fsp3) is 0.314. The van der Waals surface area contributed by atoms with Crippen LogP contribution in [0.25, 0.3) is 0 Å². The van der Waals surface area contributed by atoms with Crippen molar-refractivity contribution in [3.63, 3.8) is 0 Å². The number of hydrogen-bond donors (Lipinski definition) is 1. The highest BCUT2D eigenvalue weighted by molar-refractivity contribution is 8.00. The quantitative estimate of drug-likeness (QED) is 0.217. The predicted octanol–water partition coefficient (Wildman–Crippen LogP) is 6.91. The number of carbonyl (C=O) groups is 3. The molecule has 8 rings (SSSR count). The van der Waals surface area contributed by atoms with Gasteiger partial charge in [-0.25, -0.2) is 0 Å². The van der Waals surface area contributed by atoms with Gasteiger partial charge in [0.15, 0.2) is 0 Å². The van der Waals surface area contributed by atoms with Crippen LogP contribution in [0, 0.1) is 29.6 Å². The number of thioether (sulfide) groups is 1. The molecule has 2 bridgehead atoms. The van der Waals surface area contributed by atoms with E-state index in [1.165, 1.54) is 33.4 Å². The SMILES string of the molecule is COc1ccc(C2c3sc(=O)n(CC(=O)Nc4cccc(C(F)(F)F)c4)c3SC3C4CC(C5C(=O)N(c6ccc(Cl)cc6)C(=O)C45)C23)cc1. The number of carbonyl (C=O) groups excluding carboxylic acids is 3. The Morgan fingerprint density at radius 2 is 1.67 bits per heavy atom. The molecule has 7 atom stereocenters. The summed E-state index contributed by atoms with van der Waals surface area (Å²) in [5.74, 6) is -2.06. The number of nitrogens with one attached hydrogen (secondary N) is 1. The van der Waals surface area contributed by atoms with Crippen molar-refractivity contribution in [2.45, 2.75) is 35.3 Å². The van der Waals surface area contributed by atoms with Gasteiger partial charge in [0.25, 0.3) is 0 Å². The Bertz CT molecular complexity index is 2070. The molecule has 3 fully saturated rings. The standard InChI is InChI=1S/C35H27ClF3N3O5S2/c1-47-21-11-5-16(6-12-21)25-26-22-14-23(28-27(22)31(44)42(32(28)45)20-9-7-18(36)8-10-20)29(26)48-33-30(25)49-34(46)41(33)15-24(43)40-19-4-2-3-17(13-19)35(37,38)39/h2-13,22-23,25-29H,14-15H2,1H3,(H,40,43). The van der Waals surface area contributed by atoms with Crippen molar-refractivity contribution in [1.29, 1.82) is 0 Å². The molecule has 49 heavy (non-hydrogen) atoms. The van der Waals surface area contributed by atoms with E-state index in [1.807, 2.05) is 24.3 Å². The summed E-state index contributed by atoms with van der Waals surface area (Å²) in [6, 6.07) is 18.5. The average molecular weight is 726 g/mol. The van der Waals surface area contributed by atoms with Gasteiger partial charge >= 0.3 is 11.0 Å². The summed E-state index contributed by atoms with van der Waals surface area (Å²) in [5, 5.41) is 3.48. The molecule has 3 aromatic carbocycles. The van der Waals surface area contributed by atoms with Crippen LogP contribution in [-0.2, 0) is 27.1 Å². The highest BCUT2D eigenvalue weighted by Gasteiger charge is 2.69. The molecule has 8 nitrogen and oxygen atoms in total. The zero-order valence-corrected chi connectivity index (χ0v) is 28.0. The second-order valence-corrected chi connectivity index (χ2v) is 15.4. The van der Waals surface area contributed by atoms with Gasteiger partial charge in [0.2, 0.25) is 17.7 Å². The van der Waals surface area contributed by atoms with Gasteiger partial charge in [0, 0.05) is 26.8 Å². The molecule has 2 aliphatic heterocycles. The molecule has 1 saturated heterocycles. The number of imide groups is 1. The first-order valence-corrected chi connectivity index (χ1v) is 17.7. The van der Waals surface area contributed by atoms with E-state index in [9.17, 15) is 32.3 Å². The molecule has 3 amide bonds. The second kappa shape index (κ2) is 11.8. The number of rotatable bonds is 6. The Balaban J connectivity index is 1.15. The lowest BCUT2D eigenvalue weighted by Gasteiger charge is -2.43. The largest absolute Gasteiger partial charge is 0.497 e. The lowest BCUT2D eigenvalue weighted by Crippen LogP contribution is -2.43. The van der Waals surface area contributed by atoms with Crippen molar-refractivity contribution >= 4 is 63.8 Å². The van der Waals surface area contributed by atoms with Crippen molar-refractivity contribution in [2.24, 2.45) is 29.6 Å². The number of alkyl halides is 3. The summed E-state index contributed by atoms with van der Waals surface area (Å²) < 4.78 is 46.6. The van der Waals surface area contributed by atoms with Crippen LogP contribution < -0.4 is 19.8 Å². The highest BCUT2D eigenvalue weighted by Crippen LogP contribution is 2.69. The summed E-state index contributed by atoms with van der Waals surface area (Å²) >= 11 is 8.59. The van der Waals surface area contributed by atoms with Crippen molar-refractivity contribution in [3.05, 3.63) is 103 Å². The summed E-state index contributed by atoms with van der Waals surface area (Å²) in [6.07, 6.45) is -3.89. The molecule has 3 heterocycles. The van der Waals surface area contributed by atoms with Crippen LogP contribution in [0.2, 0.25) is 5.02 Å². The van der Waals surface area contributed by atoms with E-state index in [0.717, 1.165) is 33.9 Å². The molecule has 7 unspecified atom stereocenters. The lowest BCUT2D eigenvalue weighted by atomic mass is 9.68. The molecule has 0 radical (unpaired) electrons. The number of halogens is 4. The van der Waals surface area contributed by atoms with E-state index in [1.54, 1.807) is 31.4 Å². The third-order valence-corrected chi connectivity index (χ3v) is 13.3. The van der Waals surface area contributed by atoms with Crippen LogP contribution in [0.1, 0.15) is 28.3 Å². The normalized spacial score (nSPS) is 26.8. The van der Waals surface area contributed by atoms with Gasteiger partial charge in [-0.3, -0.25) is 28.6 Å². The van der Waals surface area contributed by atoms with Crippen LogP contribution in [0.3, 0.4) is 0 Å². The fourth-order valence-corrected chi connectivity index (χ4v) is 11.7. The third-order valence-electron chi connectivity index (χ3n) is 10.3. The number of ether oxygens (including phenoxy) is 1. The summed E-state index contributed by atoms with van der Waals surface area (Å²) in [7, 11) is 1.57. The molecular weight excluding hydrogens is 699 g/mol. The van der Waals surface area contributed by atoms with Gasteiger partial charge in [-0.05, 0) is 84.3 Å². The van der Waals surface area contributed by atoms with Gasteiger partial charge in [0.1, 0.15) is 12.3 Å². The van der Waals surface area contributed by atoms with Gasteiger partial charge in [0.05, 0.1) is 35.2 Å². The Kier molecular flexibility index (Phi) is 7.72. The zero-order valence-electron chi connectivity index (χ0n) is 25.6. The number of amides is 3. The topological polar surface area (TPSA) is 97.7 Å². The van der Waals surface area contributed by atoms with E-state index in [0.29, 0.717) is 27.9 Å². The number of thiazole rings is 1. The molecule has 4 aromatic rings. The van der Waals surface area contributed by atoms with Crippen molar-refractivity contribution in [1.82, 2.24) is 4.57 Å². The first-order valence-electron chi connectivity index (χ1n) is 15.6. The van der Waals surface area contributed by atoms with E-state index in [4.69, 9.17) is 16.3 Å². The van der Waals surface area contributed by atoms with Crippen molar-refractivity contribution in [2.75, 3.05) is 17.3 Å². The number of aromatic nitrogens is 1. The van der Waals surface area contributed by atoms with Gasteiger partial charge in [-0.1, -0.05) is 41.1 Å². The molecule has 1 aromatic heterocycles. The molecular formula is C35H27ClF3N3O5S2. The van der Waals surface area contributed by atoms with Gasteiger partial charge in [-0.2, -0.15) is 13.2 Å². The fourth-order valence-electron chi connectivity index (χ4n) is 8.40. The van der Waals surface area contributed by atoms with Crippen molar-refractivity contribution in [3.8, 4) is 5.75 Å². The number of fused-ring (bicyclic) bond motifs is 9. The maximum absolute atomic E-state index is 14.0. The first kappa shape index (κ1) is 32.2. The predicted molar refractivity (Wildman–Crippen MR) is 179 cm³/mol. The van der Waals surface area contributed by atoms with E-state index < -0.39 is 36.0 Å². The molecule has 14 heteroatoms. The van der Waals surface area contributed by atoms with E-state index >= 15 is 0 Å². The van der Waals surface area contributed by atoms with Gasteiger partial charge in [-0.15, -0.1) is 11.8 Å². The molecule has 1 N–H and O–H groups in total. The molecule has 2 aliphatic carbocycles. The second-order valence-electron chi connectivity index (χ2n) is 12.8. The summed E-state index contributed by atoms with van der Waals surface area (Å²) in [6.45, 7) is -0.400. The monoisotopic (exact) mass is 725 g/mol. The lowest BCUT2D eigenvalue weighted by molar-refractivity contribution is -0.137. The zero-order chi connectivity index (χ0) is 34.4. The van der Waals surface area contributed by atoms with Crippen LogP contribution in [0.15, 0.2) is 82.6 Å². The van der Waals surface area contributed by atoms with Gasteiger partial charge < -0.3 is 10.1 Å². The smallest absolute Gasteiger partial charge is 0.416 e. The number of hydrogen-bond acceptors (Lipinski definition) is 7. The molecule has 2 saturated carbocycles. The van der Waals surface area contributed by atoms with Crippen LogP contribution in [0.4, 0.5) is 24.5 Å². The maximum Gasteiger partial charge on any atom is 0.416 e. The van der Waals surface area contributed by atoms with E-state index in [-0.39, 0.29) is 51.3 Å². The number of anilines is 2. The minimum Gasteiger partial charge on any atom is -0.497 e. The maximum atomic E-state index is 14.0. The number of benzene rings is 3. The van der Waals surface area contributed by atoms with E-state index in [2.05, 4.69) is 5.32 Å². The minimum absolute atomic E-state index is 0.0328. The molecule has 0 spiro atoms. The Hall–Kier alpha value is -4.07.